The summed E-state index contributed by atoms with van der Waals surface area (Å²) in [5.74, 6) is 0.104. The Labute approximate surface area is 193 Å². The Morgan fingerprint density at radius 2 is 1.81 bits per heavy atom. The van der Waals surface area contributed by atoms with E-state index in [1.165, 1.54) is 0 Å². The zero-order valence-corrected chi connectivity index (χ0v) is 19.8. The van der Waals surface area contributed by atoms with Crippen molar-refractivity contribution in [1.29, 1.82) is 0 Å². The van der Waals surface area contributed by atoms with Crippen LogP contribution in [0.4, 0.5) is 0 Å². The fourth-order valence-electron chi connectivity index (χ4n) is 3.44. The highest BCUT2D eigenvalue weighted by Gasteiger charge is 2.25. The third-order valence-corrected chi connectivity index (χ3v) is 7.88. The van der Waals surface area contributed by atoms with Crippen LogP contribution in [-0.2, 0) is 14.8 Å². The summed E-state index contributed by atoms with van der Waals surface area (Å²) in [7, 11) is -3.63. The third kappa shape index (κ3) is 5.82. The Morgan fingerprint density at radius 1 is 1.06 bits per heavy atom. The number of carbonyl (C=O) groups is 1. The van der Waals surface area contributed by atoms with Gasteiger partial charge in [0.25, 0.3) is 0 Å². The SMILES string of the molecule is CCCN(CCSc1ccc(OCC(=O)O)c(C)c1)S(=O)(=O)c1cccc2ccccc12. The Kier molecular flexibility index (Phi) is 8.17. The summed E-state index contributed by atoms with van der Waals surface area (Å²) in [6, 6.07) is 18.4. The number of carboxylic acid groups (broad SMARTS) is 1. The molecule has 0 bridgehead atoms. The molecule has 0 spiro atoms. The topological polar surface area (TPSA) is 83.9 Å². The molecule has 0 radical (unpaired) electrons. The van der Waals surface area contributed by atoms with Gasteiger partial charge in [-0.1, -0.05) is 43.3 Å². The summed E-state index contributed by atoms with van der Waals surface area (Å²) in [6.07, 6.45) is 0.726. The summed E-state index contributed by atoms with van der Waals surface area (Å²) in [6.45, 7) is 4.28. The second kappa shape index (κ2) is 10.8. The van der Waals surface area contributed by atoms with E-state index in [0.717, 1.165) is 27.7 Å². The number of benzene rings is 3. The maximum absolute atomic E-state index is 13.5. The smallest absolute Gasteiger partial charge is 0.341 e. The standard InChI is InChI=1S/C24H27NO5S2/c1-3-13-25(32(28,29)23-10-6-8-19-7-4-5-9-21(19)23)14-15-31-20-11-12-22(18(2)16-20)30-17-24(26)27/h4-12,16H,3,13-15,17H2,1-2H3,(H,26,27). The highest BCUT2D eigenvalue weighted by Crippen LogP contribution is 2.28. The van der Waals surface area contributed by atoms with Crippen LogP contribution < -0.4 is 4.74 Å². The summed E-state index contributed by atoms with van der Waals surface area (Å²) >= 11 is 1.56. The first-order chi connectivity index (χ1) is 15.3. The molecule has 0 amide bonds. The van der Waals surface area contributed by atoms with Gasteiger partial charge < -0.3 is 9.84 Å². The number of hydrogen-bond acceptors (Lipinski definition) is 5. The maximum atomic E-state index is 13.5. The molecule has 3 aromatic rings. The van der Waals surface area contributed by atoms with Gasteiger partial charge in [0.1, 0.15) is 5.75 Å². The summed E-state index contributed by atoms with van der Waals surface area (Å²) in [5, 5.41) is 10.4. The van der Waals surface area contributed by atoms with Crippen LogP contribution in [0.2, 0.25) is 0 Å². The molecule has 3 aromatic carbocycles. The van der Waals surface area contributed by atoms with E-state index in [4.69, 9.17) is 9.84 Å². The van der Waals surface area contributed by atoms with E-state index in [0.29, 0.717) is 29.5 Å². The molecule has 8 heteroatoms. The molecule has 6 nitrogen and oxygen atoms in total. The van der Waals surface area contributed by atoms with Gasteiger partial charge in [0.2, 0.25) is 10.0 Å². The van der Waals surface area contributed by atoms with Gasteiger partial charge >= 0.3 is 5.97 Å². The van der Waals surface area contributed by atoms with Crippen LogP contribution >= 0.6 is 11.8 Å². The second-order valence-electron chi connectivity index (χ2n) is 7.34. The monoisotopic (exact) mass is 473 g/mol. The molecule has 32 heavy (non-hydrogen) atoms. The Bertz CT molecular complexity index is 1190. The van der Waals surface area contributed by atoms with E-state index in [1.807, 2.05) is 56.3 Å². The van der Waals surface area contributed by atoms with Gasteiger partial charge in [-0.05, 0) is 48.6 Å². The lowest BCUT2D eigenvalue weighted by Crippen LogP contribution is -2.34. The van der Waals surface area contributed by atoms with Gasteiger partial charge in [-0.2, -0.15) is 4.31 Å². The number of sulfonamides is 1. The Balaban J connectivity index is 1.72. The minimum Gasteiger partial charge on any atom is -0.482 e. The van der Waals surface area contributed by atoms with Gasteiger partial charge in [0.05, 0.1) is 4.90 Å². The third-order valence-electron chi connectivity index (χ3n) is 4.95. The minimum absolute atomic E-state index is 0.338. The molecule has 0 fully saturated rings. The molecule has 0 saturated carbocycles. The average molecular weight is 474 g/mol. The van der Waals surface area contributed by atoms with Crippen LogP contribution in [0.15, 0.2) is 70.5 Å². The largest absolute Gasteiger partial charge is 0.482 e. The first-order valence-corrected chi connectivity index (χ1v) is 12.8. The maximum Gasteiger partial charge on any atom is 0.341 e. The number of nitrogens with zero attached hydrogens (tertiary/aromatic N) is 1. The van der Waals surface area contributed by atoms with Crippen molar-refractivity contribution in [3.63, 3.8) is 0 Å². The van der Waals surface area contributed by atoms with E-state index in [1.54, 1.807) is 34.3 Å². The van der Waals surface area contributed by atoms with Gasteiger partial charge in [-0.15, -0.1) is 11.8 Å². The Morgan fingerprint density at radius 3 is 2.53 bits per heavy atom. The van der Waals surface area contributed by atoms with Crippen molar-refractivity contribution in [3.8, 4) is 5.75 Å². The van der Waals surface area contributed by atoms with Crippen molar-refractivity contribution in [1.82, 2.24) is 4.31 Å². The van der Waals surface area contributed by atoms with Gasteiger partial charge in [-0.3, -0.25) is 0 Å². The number of fused-ring (bicyclic) bond motifs is 1. The predicted octanol–water partition coefficient (Wildman–Crippen LogP) is 4.80. The molecule has 0 aliphatic heterocycles. The van der Waals surface area contributed by atoms with Crippen molar-refractivity contribution in [3.05, 3.63) is 66.2 Å². The van der Waals surface area contributed by atoms with E-state index < -0.39 is 16.0 Å². The summed E-state index contributed by atoms with van der Waals surface area (Å²) in [4.78, 5) is 12.0. The number of aliphatic carboxylic acids is 1. The lowest BCUT2D eigenvalue weighted by molar-refractivity contribution is -0.139. The number of rotatable bonds is 11. The molecule has 0 saturated heterocycles. The van der Waals surface area contributed by atoms with Crippen LogP contribution in [-0.4, -0.2) is 49.2 Å². The van der Waals surface area contributed by atoms with Crippen molar-refractivity contribution >= 4 is 38.5 Å². The van der Waals surface area contributed by atoms with E-state index in [2.05, 4.69) is 0 Å². The molecule has 0 atom stereocenters. The van der Waals surface area contributed by atoms with Crippen molar-refractivity contribution in [2.24, 2.45) is 0 Å². The number of ether oxygens (including phenoxy) is 1. The van der Waals surface area contributed by atoms with Crippen LogP contribution in [0.1, 0.15) is 18.9 Å². The number of thioether (sulfide) groups is 1. The number of hydrogen-bond donors (Lipinski definition) is 1. The minimum atomic E-state index is -3.63. The predicted molar refractivity (Wildman–Crippen MR) is 128 cm³/mol. The normalized spacial score (nSPS) is 11.7. The van der Waals surface area contributed by atoms with Crippen molar-refractivity contribution in [2.75, 3.05) is 25.4 Å². The quantitative estimate of drug-likeness (QED) is 0.403. The molecule has 170 valence electrons. The second-order valence-corrected chi connectivity index (χ2v) is 10.4. The highest BCUT2D eigenvalue weighted by molar-refractivity contribution is 7.99. The first-order valence-electron chi connectivity index (χ1n) is 10.4. The Hall–Kier alpha value is -2.55. The molecule has 0 aliphatic carbocycles. The highest BCUT2D eigenvalue weighted by atomic mass is 32.2. The molecule has 3 rings (SSSR count). The fraction of sp³-hybridized carbons (Fsp3) is 0.292. The lowest BCUT2D eigenvalue weighted by atomic mass is 10.1. The number of carboxylic acids is 1. The molecular weight excluding hydrogens is 446 g/mol. The van der Waals surface area contributed by atoms with Crippen LogP contribution in [0.5, 0.6) is 5.75 Å². The van der Waals surface area contributed by atoms with Crippen molar-refractivity contribution in [2.45, 2.75) is 30.1 Å². The van der Waals surface area contributed by atoms with Crippen LogP contribution in [0.25, 0.3) is 10.8 Å². The summed E-state index contributed by atoms with van der Waals surface area (Å²) < 4.78 is 33.7. The molecule has 1 N–H and O–H groups in total. The molecule has 0 unspecified atom stereocenters. The van der Waals surface area contributed by atoms with Gasteiger partial charge in [0.15, 0.2) is 6.61 Å². The van der Waals surface area contributed by atoms with E-state index in [-0.39, 0.29) is 6.61 Å². The molecule has 0 heterocycles. The van der Waals surface area contributed by atoms with Crippen molar-refractivity contribution < 1.29 is 23.1 Å². The zero-order chi connectivity index (χ0) is 23.1. The van der Waals surface area contributed by atoms with Crippen LogP contribution in [0, 0.1) is 6.92 Å². The van der Waals surface area contributed by atoms with Gasteiger partial charge in [-0.25, -0.2) is 13.2 Å². The zero-order valence-electron chi connectivity index (χ0n) is 18.2. The molecule has 0 aromatic heterocycles. The first kappa shape index (κ1) is 24.1. The molecule has 0 aliphatic rings. The fourth-order valence-corrected chi connectivity index (χ4v) is 6.27. The van der Waals surface area contributed by atoms with Crippen LogP contribution in [0.3, 0.4) is 0 Å². The van der Waals surface area contributed by atoms with E-state index in [9.17, 15) is 13.2 Å². The lowest BCUT2D eigenvalue weighted by Gasteiger charge is -2.22. The summed E-state index contributed by atoms with van der Waals surface area (Å²) in [5.41, 5.74) is 0.838. The molecular formula is C24H27NO5S2. The van der Waals surface area contributed by atoms with Gasteiger partial charge in [0, 0.05) is 29.1 Å². The number of aryl methyl sites for hydroxylation is 1. The average Bonchev–Trinajstić information content (AvgIpc) is 2.77. The van der Waals surface area contributed by atoms with E-state index >= 15 is 0 Å².